The predicted molar refractivity (Wildman–Crippen MR) is 67.7 cm³/mol. The molecule has 1 atom stereocenters. The van der Waals surface area contributed by atoms with Crippen molar-refractivity contribution in [3.05, 3.63) is 65.0 Å². The van der Waals surface area contributed by atoms with Crippen LogP contribution in [0.25, 0.3) is 0 Å². The number of hydrogen-bond acceptors (Lipinski definition) is 1. The first-order valence-electron chi connectivity index (χ1n) is 6.12. The van der Waals surface area contributed by atoms with Crippen LogP contribution in [0.2, 0.25) is 0 Å². The molecule has 0 amide bonds. The van der Waals surface area contributed by atoms with E-state index in [0.29, 0.717) is 12.5 Å². The second kappa shape index (κ2) is 4.61. The van der Waals surface area contributed by atoms with Crippen molar-refractivity contribution < 1.29 is 13.2 Å². The normalized spacial score (nSPS) is 16.7. The van der Waals surface area contributed by atoms with Crippen LogP contribution in [0, 0.1) is 17.5 Å². The molecule has 0 saturated carbocycles. The first kappa shape index (κ1) is 12.1. The molecule has 2 aromatic carbocycles. The molecule has 0 bridgehead atoms. The molecule has 0 aromatic heterocycles. The van der Waals surface area contributed by atoms with Gasteiger partial charge in [0.2, 0.25) is 0 Å². The Labute approximate surface area is 109 Å². The Kier molecular flexibility index (Phi) is 2.93. The van der Waals surface area contributed by atoms with E-state index in [0.717, 1.165) is 12.5 Å². The second-order valence-electron chi connectivity index (χ2n) is 4.70. The van der Waals surface area contributed by atoms with Crippen LogP contribution in [0.5, 0.6) is 0 Å². The average molecular weight is 263 g/mol. The van der Waals surface area contributed by atoms with Gasteiger partial charge in [0.15, 0.2) is 17.5 Å². The van der Waals surface area contributed by atoms with Gasteiger partial charge in [0.25, 0.3) is 0 Å². The van der Waals surface area contributed by atoms with Crippen LogP contribution in [-0.2, 0) is 6.42 Å². The van der Waals surface area contributed by atoms with Crippen molar-refractivity contribution in [1.82, 2.24) is 0 Å². The molecule has 1 unspecified atom stereocenters. The molecule has 1 aliphatic carbocycles. The second-order valence-corrected chi connectivity index (χ2v) is 4.70. The Balaban J connectivity index is 1.70. The van der Waals surface area contributed by atoms with Gasteiger partial charge in [-0.2, -0.15) is 0 Å². The predicted octanol–water partition coefficient (Wildman–Crippen LogP) is 3.86. The first-order valence-corrected chi connectivity index (χ1v) is 6.12. The third-order valence-corrected chi connectivity index (χ3v) is 3.54. The Morgan fingerprint density at radius 2 is 1.79 bits per heavy atom. The van der Waals surface area contributed by atoms with Crippen LogP contribution in [0.15, 0.2) is 36.4 Å². The van der Waals surface area contributed by atoms with E-state index in [-0.39, 0.29) is 5.69 Å². The van der Waals surface area contributed by atoms with Crippen molar-refractivity contribution >= 4 is 5.69 Å². The zero-order valence-electron chi connectivity index (χ0n) is 10.1. The fourth-order valence-corrected chi connectivity index (χ4v) is 2.44. The lowest BCUT2D eigenvalue weighted by molar-refractivity contribution is 0.448. The molecule has 3 rings (SSSR count). The van der Waals surface area contributed by atoms with Crippen LogP contribution in [0.4, 0.5) is 18.9 Å². The molecular weight excluding hydrogens is 251 g/mol. The smallest absolute Gasteiger partial charge is 0.196 e. The van der Waals surface area contributed by atoms with Gasteiger partial charge >= 0.3 is 0 Å². The molecule has 1 N–H and O–H groups in total. The van der Waals surface area contributed by atoms with Gasteiger partial charge in [0.1, 0.15) is 0 Å². The van der Waals surface area contributed by atoms with Gasteiger partial charge < -0.3 is 5.32 Å². The standard InChI is InChI=1S/C15H12F3N/c16-12-5-6-13(15(18)14(12)17)19-8-10-7-9-3-1-2-4-11(9)10/h1-6,10,19H,7-8H2. The quantitative estimate of drug-likeness (QED) is 0.829. The molecule has 2 aromatic rings. The van der Waals surface area contributed by atoms with E-state index in [1.165, 1.54) is 17.2 Å². The third kappa shape index (κ3) is 2.07. The van der Waals surface area contributed by atoms with E-state index in [2.05, 4.69) is 11.4 Å². The topological polar surface area (TPSA) is 12.0 Å². The fraction of sp³-hybridized carbons (Fsp3) is 0.200. The van der Waals surface area contributed by atoms with Crippen LogP contribution in [0.1, 0.15) is 17.0 Å². The molecule has 19 heavy (non-hydrogen) atoms. The number of hydrogen-bond donors (Lipinski definition) is 1. The van der Waals surface area contributed by atoms with E-state index in [9.17, 15) is 13.2 Å². The fourth-order valence-electron chi connectivity index (χ4n) is 2.44. The van der Waals surface area contributed by atoms with E-state index in [1.54, 1.807) is 0 Å². The Morgan fingerprint density at radius 1 is 1.00 bits per heavy atom. The maximum Gasteiger partial charge on any atom is 0.196 e. The maximum absolute atomic E-state index is 13.5. The maximum atomic E-state index is 13.5. The van der Waals surface area contributed by atoms with Crippen molar-refractivity contribution in [2.75, 3.05) is 11.9 Å². The van der Waals surface area contributed by atoms with Crippen molar-refractivity contribution in [2.45, 2.75) is 12.3 Å². The lowest BCUT2D eigenvalue weighted by Gasteiger charge is -2.30. The summed E-state index contributed by atoms with van der Waals surface area (Å²) < 4.78 is 39.3. The van der Waals surface area contributed by atoms with Gasteiger partial charge in [-0.25, -0.2) is 13.2 Å². The average Bonchev–Trinajstić information content (AvgIpc) is 2.39. The SMILES string of the molecule is Fc1ccc(NCC2Cc3ccccc32)c(F)c1F. The molecule has 98 valence electrons. The molecule has 0 heterocycles. The van der Waals surface area contributed by atoms with Gasteiger partial charge in [0, 0.05) is 12.5 Å². The highest BCUT2D eigenvalue weighted by molar-refractivity contribution is 5.47. The Morgan fingerprint density at radius 3 is 2.58 bits per heavy atom. The van der Waals surface area contributed by atoms with Gasteiger partial charge in [-0.15, -0.1) is 0 Å². The summed E-state index contributed by atoms with van der Waals surface area (Å²) in [5.41, 5.74) is 2.53. The van der Waals surface area contributed by atoms with Crippen LogP contribution in [-0.4, -0.2) is 6.54 Å². The summed E-state index contributed by atoms with van der Waals surface area (Å²) in [5, 5.41) is 2.84. The number of halogens is 3. The third-order valence-electron chi connectivity index (χ3n) is 3.54. The molecule has 0 spiro atoms. The molecule has 1 nitrogen and oxygen atoms in total. The Bertz CT molecular complexity index is 625. The van der Waals surface area contributed by atoms with E-state index in [1.807, 2.05) is 18.2 Å². The van der Waals surface area contributed by atoms with E-state index >= 15 is 0 Å². The lowest BCUT2D eigenvalue weighted by Crippen LogP contribution is -2.24. The highest BCUT2D eigenvalue weighted by Crippen LogP contribution is 2.35. The summed E-state index contributed by atoms with van der Waals surface area (Å²) in [6.45, 7) is 0.513. The van der Waals surface area contributed by atoms with Gasteiger partial charge in [-0.1, -0.05) is 24.3 Å². The highest BCUT2D eigenvalue weighted by Gasteiger charge is 2.25. The van der Waals surface area contributed by atoms with Crippen molar-refractivity contribution in [3.63, 3.8) is 0 Å². The van der Waals surface area contributed by atoms with Gasteiger partial charge in [-0.05, 0) is 29.7 Å². The molecule has 0 aliphatic heterocycles. The zero-order valence-corrected chi connectivity index (χ0v) is 10.1. The van der Waals surface area contributed by atoms with Crippen LogP contribution in [0.3, 0.4) is 0 Å². The summed E-state index contributed by atoms with van der Waals surface area (Å²) in [6.07, 6.45) is 0.925. The molecule has 0 fully saturated rings. The minimum absolute atomic E-state index is 0.00304. The minimum atomic E-state index is -1.43. The number of fused-ring (bicyclic) bond motifs is 1. The van der Waals surface area contributed by atoms with Crippen molar-refractivity contribution in [1.29, 1.82) is 0 Å². The largest absolute Gasteiger partial charge is 0.382 e. The monoisotopic (exact) mass is 263 g/mol. The summed E-state index contributed by atoms with van der Waals surface area (Å²) in [7, 11) is 0. The Hall–Kier alpha value is -1.97. The van der Waals surface area contributed by atoms with Gasteiger partial charge in [0.05, 0.1) is 5.69 Å². The van der Waals surface area contributed by atoms with Crippen LogP contribution < -0.4 is 5.32 Å². The lowest BCUT2D eigenvalue weighted by atomic mass is 9.77. The van der Waals surface area contributed by atoms with Crippen LogP contribution >= 0.6 is 0 Å². The van der Waals surface area contributed by atoms with E-state index in [4.69, 9.17) is 0 Å². The molecule has 1 aliphatic rings. The van der Waals surface area contributed by atoms with Gasteiger partial charge in [-0.3, -0.25) is 0 Å². The summed E-state index contributed by atoms with van der Waals surface area (Å²) in [6, 6.07) is 10.2. The summed E-state index contributed by atoms with van der Waals surface area (Å²) >= 11 is 0. The zero-order chi connectivity index (χ0) is 13.4. The number of nitrogens with one attached hydrogen (secondary N) is 1. The molecule has 4 heteroatoms. The number of anilines is 1. The van der Waals surface area contributed by atoms with E-state index < -0.39 is 17.5 Å². The van der Waals surface area contributed by atoms with Crippen molar-refractivity contribution in [2.24, 2.45) is 0 Å². The molecule has 0 radical (unpaired) electrons. The molecule has 0 saturated heterocycles. The van der Waals surface area contributed by atoms with Crippen molar-refractivity contribution in [3.8, 4) is 0 Å². The minimum Gasteiger partial charge on any atom is -0.382 e. The summed E-state index contributed by atoms with van der Waals surface area (Å²) in [5.74, 6) is -3.47. The number of rotatable bonds is 3. The number of benzene rings is 2. The molecular formula is C15H12F3N. The first-order chi connectivity index (χ1) is 9.16. The highest BCUT2D eigenvalue weighted by atomic mass is 19.2. The summed E-state index contributed by atoms with van der Waals surface area (Å²) in [4.78, 5) is 0.